The summed E-state index contributed by atoms with van der Waals surface area (Å²) in [4.78, 5) is 11.6. The average molecular weight is 260 g/mol. The maximum absolute atomic E-state index is 12.9. The van der Waals surface area contributed by atoms with E-state index < -0.39 is 11.7 Å². The molecule has 2 aromatic carbocycles. The summed E-state index contributed by atoms with van der Waals surface area (Å²) in [6, 6.07) is 10.9. The molecule has 1 amide bonds. The molecule has 1 N–H and O–H groups in total. The molecule has 0 unspecified atom stereocenters. The third-order valence-electron chi connectivity index (χ3n) is 2.34. The van der Waals surface area contributed by atoms with Crippen LogP contribution in [0.4, 0.5) is 8.78 Å². The van der Waals surface area contributed by atoms with E-state index in [1.165, 1.54) is 48.7 Å². The van der Waals surface area contributed by atoms with Gasteiger partial charge in [-0.3, -0.25) is 4.79 Å². The van der Waals surface area contributed by atoms with Crippen molar-refractivity contribution in [2.24, 2.45) is 5.10 Å². The zero-order valence-electron chi connectivity index (χ0n) is 9.81. The first-order valence-electron chi connectivity index (χ1n) is 5.50. The monoisotopic (exact) mass is 260 g/mol. The van der Waals surface area contributed by atoms with Crippen LogP contribution in [-0.4, -0.2) is 12.1 Å². The third-order valence-corrected chi connectivity index (χ3v) is 2.34. The van der Waals surface area contributed by atoms with E-state index in [1.807, 2.05) is 0 Å². The lowest BCUT2D eigenvalue weighted by atomic mass is 10.2. The van der Waals surface area contributed by atoms with Gasteiger partial charge in [0.05, 0.1) is 6.21 Å². The van der Waals surface area contributed by atoms with Crippen molar-refractivity contribution in [2.75, 3.05) is 0 Å². The maximum atomic E-state index is 12.9. The zero-order valence-corrected chi connectivity index (χ0v) is 9.81. The van der Waals surface area contributed by atoms with Crippen LogP contribution in [0.1, 0.15) is 15.9 Å². The minimum Gasteiger partial charge on any atom is -0.267 e. The fourth-order valence-corrected chi connectivity index (χ4v) is 1.41. The normalized spacial score (nSPS) is 10.6. The van der Waals surface area contributed by atoms with Gasteiger partial charge in [0.2, 0.25) is 0 Å². The molecule has 0 saturated carbocycles. The summed E-state index contributed by atoms with van der Waals surface area (Å²) in [5, 5.41) is 3.71. The van der Waals surface area contributed by atoms with E-state index >= 15 is 0 Å². The van der Waals surface area contributed by atoms with Gasteiger partial charge in [0.15, 0.2) is 0 Å². The van der Waals surface area contributed by atoms with E-state index in [-0.39, 0.29) is 11.4 Å². The Morgan fingerprint density at radius 1 is 1.05 bits per heavy atom. The van der Waals surface area contributed by atoms with Crippen LogP contribution in [0.3, 0.4) is 0 Å². The van der Waals surface area contributed by atoms with Crippen molar-refractivity contribution in [3.63, 3.8) is 0 Å². The van der Waals surface area contributed by atoms with Gasteiger partial charge in [-0.1, -0.05) is 18.2 Å². The lowest BCUT2D eigenvalue weighted by Crippen LogP contribution is -2.17. The Bertz CT molecular complexity index is 609. The third kappa shape index (κ3) is 3.70. The van der Waals surface area contributed by atoms with Gasteiger partial charge in [0.25, 0.3) is 5.91 Å². The summed E-state index contributed by atoms with van der Waals surface area (Å²) >= 11 is 0. The molecular formula is C14H10F2N2O. The summed E-state index contributed by atoms with van der Waals surface area (Å²) in [6.07, 6.45) is 1.37. The molecule has 0 heterocycles. The molecule has 0 atom stereocenters. The highest BCUT2D eigenvalue weighted by molar-refractivity contribution is 5.94. The van der Waals surface area contributed by atoms with Crippen LogP contribution >= 0.6 is 0 Å². The molecule has 0 fully saturated rings. The van der Waals surface area contributed by atoms with Crippen molar-refractivity contribution in [3.05, 3.63) is 71.3 Å². The van der Waals surface area contributed by atoms with Gasteiger partial charge in [0, 0.05) is 5.56 Å². The summed E-state index contributed by atoms with van der Waals surface area (Å²) < 4.78 is 25.5. The predicted molar refractivity (Wildman–Crippen MR) is 67.9 cm³/mol. The minimum atomic E-state index is -0.516. The van der Waals surface area contributed by atoms with Crippen molar-refractivity contribution < 1.29 is 13.6 Å². The summed E-state index contributed by atoms with van der Waals surface area (Å²) in [5.41, 5.74) is 3.08. The summed E-state index contributed by atoms with van der Waals surface area (Å²) in [7, 11) is 0. The van der Waals surface area contributed by atoms with Crippen LogP contribution in [-0.2, 0) is 0 Å². The summed E-state index contributed by atoms with van der Waals surface area (Å²) in [5.74, 6) is -1.35. The number of carbonyl (C=O) groups excluding carboxylic acids is 1. The van der Waals surface area contributed by atoms with Crippen molar-refractivity contribution >= 4 is 12.1 Å². The van der Waals surface area contributed by atoms with Crippen molar-refractivity contribution in [1.82, 2.24) is 5.43 Å². The second-order valence-electron chi connectivity index (χ2n) is 3.76. The van der Waals surface area contributed by atoms with Gasteiger partial charge < -0.3 is 0 Å². The molecule has 0 saturated heterocycles. The average Bonchev–Trinajstić information content (AvgIpc) is 2.41. The molecule has 5 heteroatoms. The van der Waals surface area contributed by atoms with E-state index in [0.29, 0.717) is 5.56 Å². The molecule has 0 aromatic heterocycles. The number of nitrogens with one attached hydrogen (secondary N) is 1. The number of carbonyl (C=O) groups is 1. The Balaban J connectivity index is 1.98. The van der Waals surface area contributed by atoms with Crippen LogP contribution < -0.4 is 5.43 Å². The highest BCUT2D eigenvalue weighted by Gasteiger charge is 2.04. The Morgan fingerprint density at radius 3 is 2.47 bits per heavy atom. The van der Waals surface area contributed by atoms with Gasteiger partial charge in [-0.15, -0.1) is 0 Å². The second-order valence-corrected chi connectivity index (χ2v) is 3.76. The molecule has 2 aromatic rings. The van der Waals surface area contributed by atoms with E-state index in [4.69, 9.17) is 0 Å². The molecular weight excluding hydrogens is 250 g/mol. The molecule has 0 bridgehead atoms. The lowest BCUT2D eigenvalue weighted by molar-refractivity contribution is 0.0954. The SMILES string of the molecule is O=C(NN=Cc1ccc(F)cc1)c1cccc(F)c1. The first kappa shape index (κ1) is 12.9. The Kier molecular flexibility index (Phi) is 3.97. The smallest absolute Gasteiger partial charge is 0.267 e. The van der Waals surface area contributed by atoms with E-state index in [2.05, 4.69) is 10.5 Å². The van der Waals surface area contributed by atoms with Gasteiger partial charge in [-0.05, 0) is 35.9 Å². The van der Waals surface area contributed by atoms with Gasteiger partial charge >= 0.3 is 0 Å². The number of hydrazone groups is 1. The van der Waals surface area contributed by atoms with Crippen molar-refractivity contribution in [3.8, 4) is 0 Å². The zero-order chi connectivity index (χ0) is 13.7. The number of amides is 1. The molecule has 0 aliphatic rings. The van der Waals surface area contributed by atoms with Crippen LogP contribution in [0.2, 0.25) is 0 Å². The Labute approximate surface area is 108 Å². The number of benzene rings is 2. The van der Waals surface area contributed by atoms with Crippen molar-refractivity contribution in [2.45, 2.75) is 0 Å². The molecule has 19 heavy (non-hydrogen) atoms. The molecule has 0 aliphatic carbocycles. The van der Waals surface area contributed by atoms with Crippen molar-refractivity contribution in [1.29, 1.82) is 0 Å². The highest BCUT2D eigenvalue weighted by Crippen LogP contribution is 2.03. The van der Waals surface area contributed by atoms with Crippen LogP contribution in [0.15, 0.2) is 53.6 Å². The lowest BCUT2D eigenvalue weighted by Gasteiger charge is -1.99. The van der Waals surface area contributed by atoms with Gasteiger partial charge in [-0.2, -0.15) is 5.10 Å². The number of hydrogen-bond acceptors (Lipinski definition) is 2. The molecule has 0 radical (unpaired) electrons. The van der Waals surface area contributed by atoms with Crippen LogP contribution in [0.5, 0.6) is 0 Å². The molecule has 3 nitrogen and oxygen atoms in total. The number of halogens is 2. The number of hydrogen-bond donors (Lipinski definition) is 1. The largest absolute Gasteiger partial charge is 0.271 e. The minimum absolute atomic E-state index is 0.177. The first-order valence-corrected chi connectivity index (χ1v) is 5.50. The molecule has 2 rings (SSSR count). The maximum Gasteiger partial charge on any atom is 0.271 e. The van der Waals surface area contributed by atoms with E-state index in [9.17, 15) is 13.6 Å². The molecule has 0 spiro atoms. The Hall–Kier alpha value is -2.56. The van der Waals surface area contributed by atoms with E-state index in [0.717, 1.165) is 6.07 Å². The fraction of sp³-hybridized carbons (Fsp3) is 0. The van der Waals surface area contributed by atoms with Crippen LogP contribution in [0.25, 0.3) is 0 Å². The second kappa shape index (κ2) is 5.86. The first-order chi connectivity index (χ1) is 9.15. The quantitative estimate of drug-likeness (QED) is 0.669. The molecule has 96 valence electrons. The number of nitrogens with zero attached hydrogens (tertiary/aromatic N) is 1. The number of rotatable bonds is 3. The Morgan fingerprint density at radius 2 is 1.79 bits per heavy atom. The van der Waals surface area contributed by atoms with Gasteiger partial charge in [-0.25, -0.2) is 14.2 Å². The topological polar surface area (TPSA) is 41.5 Å². The molecule has 0 aliphatic heterocycles. The standard InChI is InChI=1S/C14H10F2N2O/c15-12-6-4-10(5-7-12)9-17-18-14(19)11-2-1-3-13(16)8-11/h1-9H,(H,18,19). The van der Waals surface area contributed by atoms with E-state index in [1.54, 1.807) is 0 Å². The van der Waals surface area contributed by atoms with Crippen LogP contribution in [0, 0.1) is 11.6 Å². The fourth-order valence-electron chi connectivity index (χ4n) is 1.41. The predicted octanol–water partition coefficient (Wildman–Crippen LogP) is 2.73. The summed E-state index contributed by atoms with van der Waals surface area (Å²) in [6.45, 7) is 0. The van der Waals surface area contributed by atoms with Gasteiger partial charge in [0.1, 0.15) is 11.6 Å². The highest BCUT2D eigenvalue weighted by atomic mass is 19.1.